The summed E-state index contributed by atoms with van der Waals surface area (Å²) in [6.45, 7) is 3.09. The Labute approximate surface area is 101 Å². The zero-order valence-corrected chi connectivity index (χ0v) is 9.90. The predicted octanol–water partition coefficient (Wildman–Crippen LogP) is 1.61. The monoisotopic (exact) mass is 235 g/mol. The number of nitrogens with one attached hydrogen (secondary N) is 1. The van der Waals surface area contributed by atoms with Crippen LogP contribution in [0.4, 0.5) is 0 Å². The molecular weight excluding hydrogens is 218 g/mol. The van der Waals surface area contributed by atoms with E-state index in [-0.39, 0.29) is 17.7 Å². The van der Waals surface area contributed by atoms with Crippen molar-refractivity contribution in [3.05, 3.63) is 29.3 Å². The molecule has 1 saturated heterocycles. The number of phenols is 1. The highest BCUT2D eigenvalue weighted by molar-refractivity contribution is 5.96. The highest BCUT2D eigenvalue weighted by Crippen LogP contribution is 2.19. The van der Waals surface area contributed by atoms with E-state index in [4.69, 9.17) is 4.74 Å². The molecule has 92 valence electrons. The van der Waals surface area contributed by atoms with Crippen molar-refractivity contribution in [3.63, 3.8) is 0 Å². The van der Waals surface area contributed by atoms with Gasteiger partial charge in [0.1, 0.15) is 5.75 Å². The second kappa shape index (κ2) is 5.19. The maximum atomic E-state index is 12.0. The molecule has 2 rings (SSSR count). The normalized spacial score (nSPS) is 19.9. The lowest BCUT2D eigenvalue weighted by molar-refractivity contribution is 0.0623. The molecule has 1 heterocycles. The van der Waals surface area contributed by atoms with Crippen LogP contribution < -0.4 is 5.32 Å². The van der Waals surface area contributed by atoms with E-state index in [1.54, 1.807) is 25.1 Å². The molecule has 1 amide bonds. The number of amides is 1. The Hall–Kier alpha value is -1.55. The van der Waals surface area contributed by atoms with Gasteiger partial charge in [-0.2, -0.15) is 0 Å². The SMILES string of the molecule is Cc1c(O)cccc1C(=O)NC1CCCOC1. The summed E-state index contributed by atoms with van der Waals surface area (Å²) >= 11 is 0. The zero-order chi connectivity index (χ0) is 12.3. The Morgan fingerprint density at radius 2 is 2.35 bits per heavy atom. The molecule has 4 nitrogen and oxygen atoms in total. The second-order valence-electron chi connectivity index (χ2n) is 4.34. The maximum Gasteiger partial charge on any atom is 0.251 e. The number of hydrogen-bond acceptors (Lipinski definition) is 3. The van der Waals surface area contributed by atoms with Crippen LogP contribution in [-0.4, -0.2) is 30.3 Å². The van der Waals surface area contributed by atoms with E-state index in [2.05, 4.69) is 5.32 Å². The van der Waals surface area contributed by atoms with Crippen LogP contribution in [0.5, 0.6) is 5.75 Å². The standard InChI is InChI=1S/C13H17NO3/c1-9-11(5-2-6-12(9)15)13(16)14-10-4-3-7-17-8-10/h2,5-6,10,15H,3-4,7-8H2,1H3,(H,14,16). The van der Waals surface area contributed by atoms with E-state index in [1.165, 1.54) is 0 Å². The fourth-order valence-corrected chi connectivity index (χ4v) is 1.99. The van der Waals surface area contributed by atoms with Gasteiger partial charge in [0, 0.05) is 17.7 Å². The summed E-state index contributed by atoms with van der Waals surface area (Å²) in [5.41, 5.74) is 1.14. The van der Waals surface area contributed by atoms with Gasteiger partial charge in [0.15, 0.2) is 0 Å². The number of hydrogen-bond donors (Lipinski definition) is 2. The third kappa shape index (κ3) is 2.77. The van der Waals surface area contributed by atoms with E-state index in [1.807, 2.05) is 0 Å². The number of phenolic OH excluding ortho intramolecular Hbond substituents is 1. The molecule has 1 aromatic rings. The molecule has 2 N–H and O–H groups in total. The summed E-state index contributed by atoms with van der Waals surface area (Å²) in [6.07, 6.45) is 1.92. The second-order valence-corrected chi connectivity index (χ2v) is 4.34. The Bertz CT molecular complexity index is 411. The summed E-state index contributed by atoms with van der Waals surface area (Å²) < 4.78 is 5.31. The Kier molecular flexibility index (Phi) is 3.64. The average Bonchev–Trinajstić information content (AvgIpc) is 2.34. The van der Waals surface area contributed by atoms with Crippen LogP contribution in [0.25, 0.3) is 0 Å². The summed E-state index contributed by atoms with van der Waals surface area (Å²) in [7, 11) is 0. The number of ether oxygens (including phenoxy) is 1. The molecule has 1 aliphatic heterocycles. The maximum absolute atomic E-state index is 12.0. The van der Waals surface area contributed by atoms with Crippen molar-refractivity contribution >= 4 is 5.91 Å². The Morgan fingerprint density at radius 1 is 1.53 bits per heavy atom. The topological polar surface area (TPSA) is 58.6 Å². The minimum absolute atomic E-state index is 0.0815. The van der Waals surface area contributed by atoms with Crippen molar-refractivity contribution in [2.24, 2.45) is 0 Å². The van der Waals surface area contributed by atoms with Crippen molar-refractivity contribution < 1.29 is 14.6 Å². The summed E-state index contributed by atoms with van der Waals surface area (Å²) in [5.74, 6) is 0.00597. The Morgan fingerprint density at radius 3 is 3.06 bits per heavy atom. The van der Waals surface area contributed by atoms with E-state index < -0.39 is 0 Å². The van der Waals surface area contributed by atoms with Crippen LogP contribution in [0.3, 0.4) is 0 Å². The van der Waals surface area contributed by atoms with Gasteiger partial charge in [-0.25, -0.2) is 0 Å². The molecule has 1 fully saturated rings. The molecule has 0 saturated carbocycles. The van der Waals surface area contributed by atoms with Crippen molar-refractivity contribution in [1.82, 2.24) is 5.32 Å². The van der Waals surface area contributed by atoms with Crippen molar-refractivity contribution in [1.29, 1.82) is 0 Å². The first-order valence-electron chi connectivity index (χ1n) is 5.85. The third-order valence-electron chi connectivity index (χ3n) is 3.05. The quantitative estimate of drug-likeness (QED) is 0.818. The van der Waals surface area contributed by atoms with Gasteiger partial charge in [0.25, 0.3) is 5.91 Å². The number of carbonyl (C=O) groups is 1. The van der Waals surface area contributed by atoms with Crippen LogP contribution in [0.2, 0.25) is 0 Å². The minimum Gasteiger partial charge on any atom is -0.508 e. The largest absolute Gasteiger partial charge is 0.508 e. The summed E-state index contributed by atoms with van der Waals surface area (Å²) in [6, 6.07) is 5.05. The van der Waals surface area contributed by atoms with Crippen LogP contribution in [0.15, 0.2) is 18.2 Å². The lowest BCUT2D eigenvalue weighted by Gasteiger charge is -2.23. The first kappa shape index (κ1) is 11.9. The minimum atomic E-state index is -0.145. The van der Waals surface area contributed by atoms with Crippen molar-refractivity contribution in [2.45, 2.75) is 25.8 Å². The van der Waals surface area contributed by atoms with Gasteiger partial charge in [-0.05, 0) is 31.9 Å². The summed E-state index contributed by atoms with van der Waals surface area (Å²) in [4.78, 5) is 12.0. The highest BCUT2D eigenvalue weighted by atomic mass is 16.5. The van der Waals surface area contributed by atoms with Gasteiger partial charge in [-0.15, -0.1) is 0 Å². The lowest BCUT2D eigenvalue weighted by Crippen LogP contribution is -2.40. The number of carbonyl (C=O) groups excluding carboxylic acids is 1. The van der Waals surface area contributed by atoms with Gasteiger partial charge in [0.2, 0.25) is 0 Å². The van der Waals surface area contributed by atoms with Crippen LogP contribution in [0, 0.1) is 6.92 Å². The lowest BCUT2D eigenvalue weighted by atomic mass is 10.1. The molecule has 1 atom stereocenters. The van der Waals surface area contributed by atoms with Crippen LogP contribution >= 0.6 is 0 Å². The van der Waals surface area contributed by atoms with Gasteiger partial charge in [-0.3, -0.25) is 4.79 Å². The Balaban J connectivity index is 2.06. The van der Waals surface area contributed by atoms with Gasteiger partial charge in [-0.1, -0.05) is 6.07 Å². The molecule has 1 unspecified atom stereocenters. The predicted molar refractivity (Wildman–Crippen MR) is 64.2 cm³/mol. The molecule has 0 radical (unpaired) electrons. The van der Waals surface area contributed by atoms with Crippen molar-refractivity contribution in [3.8, 4) is 5.75 Å². The van der Waals surface area contributed by atoms with Crippen LogP contribution in [0.1, 0.15) is 28.8 Å². The molecular formula is C13H17NO3. The van der Waals surface area contributed by atoms with E-state index >= 15 is 0 Å². The molecule has 4 heteroatoms. The number of benzene rings is 1. The molecule has 0 spiro atoms. The molecule has 0 aromatic heterocycles. The van der Waals surface area contributed by atoms with Crippen LogP contribution in [-0.2, 0) is 4.74 Å². The summed E-state index contributed by atoms with van der Waals surface area (Å²) in [5, 5.41) is 12.5. The van der Waals surface area contributed by atoms with E-state index in [0.29, 0.717) is 17.7 Å². The first-order valence-corrected chi connectivity index (χ1v) is 5.85. The first-order chi connectivity index (χ1) is 8.18. The molecule has 1 aromatic carbocycles. The van der Waals surface area contributed by atoms with Gasteiger partial charge >= 0.3 is 0 Å². The van der Waals surface area contributed by atoms with Gasteiger partial charge < -0.3 is 15.2 Å². The van der Waals surface area contributed by atoms with Gasteiger partial charge in [0.05, 0.1) is 12.6 Å². The van der Waals surface area contributed by atoms with Crippen molar-refractivity contribution in [2.75, 3.05) is 13.2 Å². The molecule has 1 aliphatic rings. The fraction of sp³-hybridized carbons (Fsp3) is 0.462. The highest BCUT2D eigenvalue weighted by Gasteiger charge is 2.18. The third-order valence-corrected chi connectivity index (χ3v) is 3.05. The average molecular weight is 235 g/mol. The smallest absolute Gasteiger partial charge is 0.251 e. The zero-order valence-electron chi connectivity index (χ0n) is 9.90. The fourth-order valence-electron chi connectivity index (χ4n) is 1.99. The molecule has 0 aliphatic carbocycles. The number of aromatic hydroxyl groups is 1. The van der Waals surface area contributed by atoms with E-state index in [0.717, 1.165) is 19.4 Å². The number of rotatable bonds is 2. The molecule has 17 heavy (non-hydrogen) atoms. The molecule has 0 bridgehead atoms. The van der Waals surface area contributed by atoms with E-state index in [9.17, 15) is 9.90 Å².